The van der Waals surface area contributed by atoms with Gasteiger partial charge in [-0.15, -0.1) is 0 Å². The molecule has 2 aliphatic carbocycles. The fourth-order valence-electron chi connectivity index (χ4n) is 8.35. The van der Waals surface area contributed by atoms with E-state index in [-0.39, 0.29) is 17.4 Å². The predicted molar refractivity (Wildman–Crippen MR) is 161 cm³/mol. The summed E-state index contributed by atoms with van der Waals surface area (Å²) in [5, 5.41) is 14.1. The van der Waals surface area contributed by atoms with Gasteiger partial charge in [0.25, 0.3) is 0 Å². The lowest BCUT2D eigenvalue weighted by Crippen LogP contribution is -2.62. The number of phenols is 1. The van der Waals surface area contributed by atoms with Crippen LogP contribution in [0.25, 0.3) is 0 Å². The first-order valence-corrected chi connectivity index (χ1v) is 15.4. The van der Waals surface area contributed by atoms with Gasteiger partial charge >= 0.3 is 0 Å². The third-order valence-electron chi connectivity index (χ3n) is 10.5. The molecule has 3 aromatic rings. The minimum atomic E-state index is -0.410. The fraction of sp³-hybridized carbons (Fsp3) is 0.472. The van der Waals surface area contributed by atoms with Crippen LogP contribution in [0.1, 0.15) is 75.0 Å². The number of carbonyl (C=O) groups excluding carboxylic acids is 1. The number of hydrogen-bond donors (Lipinski definition) is 2. The van der Waals surface area contributed by atoms with Crippen LogP contribution in [0.4, 0.5) is 0 Å². The van der Waals surface area contributed by atoms with Gasteiger partial charge in [0.2, 0.25) is 5.91 Å². The summed E-state index contributed by atoms with van der Waals surface area (Å²) < 4.78 is 0. The first kappa shape index (κ1) is 27.1. The minimum absolute atomic E-state index is 0.0505. The van der Waals surface area contributed by atoms with E-state index in [1.54, 1.807) is 6.07 Å². The Hall–Kier alpha value is -3.11. The van der Waals surface area contributed by atoms with E-state index in [0.29, 0.717) is 17.7 Å². The van der Waals surface area contributed by atoms with Crippen LogP contribution in [-0.2, 0) is 22.0 Å². The maximum atomic E-state index is 14.2. The second-order valence-corrected chi connectivity index (χ2v) is 12.8. The number of fused-ring (bicyclic) bond motifs is 2. The van der Waals surface area contributed by atoms with Crippen molar-refractivity contribution in [1.29, 1.82) is 0 Å². The summed E-state index contributed by atoms with van der Waals surface area (Å²) in [6.07, 6.45) is 9.31. The van der Waals surface area contributed by atoms with Crippen LogP contribution in [0.3, 0.4) is 0 Å². The average molecular weight is 537 g/mol. The molecule has 1 heterocycles. The van der Waals surface area contributed by atoms with Crippen molar-refractivity contribution in [2.45, 2.75) is 87.6 Å². The molecule has 0 spiro atoms. The molecule has 0 aromatic heterocycles. The molecule has 3 fully saturated rings. The lowest BCUT2D eigenvalue weighted by molar-refractivity contribution is -0.128. The lowest BCUT2D eigenvalue weighted by Gasteiger charge is -2.57. The van der Waals surface area contributed by atoms with Crippen molar-refractivity contribution in [2.24, 2.45) is 5.92 Å². The quantitative estimate of drug-likeness (QED) is 0.334. The number of aromatic hydroxyl groups is 1. The Morgan fingerprint density at radius 1 is 0.925 bits per heavy atom. The van der Waals surface area contributed by atoms with E-state index in [1.807, 2.05) is 18.2 Å². The fourth-order valence-corrected chi connectivity index (χ4v) is 8.35. The smallest absolute Gasteiger partial charge is 0.230 e. The van der Waals surface area contributed by atoms with Gasteiger partial charge < -0.3 is 10.4 Å². The Morgan fingerprint density at radius 2 is 1.62 bits per heavy atom. The number of phenolic OH excluding ortho intramolecular Hbond substituents is 1. The zero-order valence-electron chi connectivity index (χ0n) is 23.9. The number of aryl methyl sites for hydroxylation is 1. The molecule has 2 saturated carbocycles. The number of amides is 1. The largest absolute Gasteiger partial charge is 0.508 e. The van der Waals surface area contributed by atoms with Crippen molar-refractivity contribution in [3.8, 4) is 5.75 Å². The molecule has 210 valence electrons. The highest BCUT2D eigenvalue weighted by molar-refractivity contribution is 5.88. The highest BCUT2D eigenvalue weighted by Crippen LogP contribution is 2.51. The molecule has 6 rings (SSSR count). The number of hydrogen-bond acceptors (Lipinski definition) is 3. The maximum Gasteiger partial charge on any atom is 0.230 e. The highest BCUT2D eigenvalue weighted by atomic mass is 16.3. The Kier molecular flexibility index (Phi) is 7.72. The zero-order chi connectivity index (χ0) is 27.6. The predicted octanol–water partition coefficient (Wildman–Crippen LogP) is 6.76. The van der Waals surface area contributed by atoms with Crippen molar-refractivity contribution in [1.82, 2.24) is 10.2 Å². The number of rotatable bonds is 8. The van der Waals surface area contributed by atoms with Crippen LogP contribution >= 0.6 is 0 Å². The lowest BCUT2D eigenvalue weighted by atomic mass is 9.57. The summed E-state index contributed by atoms with van der Waals surface area (Å²) in [6, 6.07) is 29.7. The van der Waals surface area contributed by atoms with E-state index in [9.17, 15) is 9.90 Å². The molecule has 4 nitrogen and oxygen atoms in total. The van der Waals surface area contributed by atoms with Crippen molar-refractivity contribution < 1.29 is 9.90 Å². The van der Waals surface area contributed by atoms with Gasteiger partial charge in [0.15, 0.2) is 0 Å². The number of likely N-dealkylation sites (tertiary alicyclic amines) is 1. The summed E-state index contributed by atoms with van der Waals surface area (Å²) in [4.78, 5) is 16.9. The SMILES string of the molecule is C[C@@H]1CN(CCCc2ccccc2)[C@H]2C[C@H](NC(=O)C3(c4ccccc4)CCCC3)C[C@]1(c1cccc(O)c1)C2. The van der Waals surface area contributed by atoms with E-state index in [2.05, 4.69) is 77.8 Å². The summed E-state index contributed by atoms with van der Waals surface area (Å²) in [6.45, 7) is 4.52. The Balaban J connectivity index is 1.25. The highest BCUT2D eigenvalue weighted by Gasteiger charge is 2.52. The van der Waals surface area contributed by atoms with E-state index in [0.717, 1.165) is 70.9 Å². The van der Waals surface area contributed by atoms with Gasteiger partial charge in [0.05, 0.1) is 5.41 Å². The number of nitrogens with one attached hydrogen (secondary N) is 1. The van der Waals surface area contributed by atoms with Gasteiger partial charge in [-0.3, -0.25) is 9.69 Å². The zero-order valence-corrected chi connectivity index (χ0v) is 23.9. The van der Waals surface area contributed by atoms with Gasteiger partial charge in [-0.1, -0.05) is 92.6 Å². The molecule has 3 aromatic carbocycles. The standard InChI is InChI=1S/C36H44N2O2/c1-27-26-38(21-11-14-28-12-4-2-5-13-28)32-23-31(24-36(27,25-32)30-17-10-18-33(39)22-30)37-34(40)35(19-8-9-20-35)29-15-6-3-7-16-29/h2-7,10,12-13,15-18,22,27,31-32,39H,8-9,11,14,19-21,23-26H2,1H3,(H,37,40)/t27-,31+,32+,36+/m1/s1. The Bertz CT molecular complexity index is 1290. The van der Waals surface area contributed by atoms with Gasteiger partial charge in [-0.05, 0) is 86.2 Å². The summed E-state index contributed by atoms with van der Waals surface area (Å²) in [7, 11) is 0. The normalized spacial score (nSPS) is 27.8. The topological polar surface area (TPSA) is 52.6 Å². The number of carbonyl (C=O) groups is 1. The molecule has 1 aliphatic heterocycles. The van der Waals surface area contributed by atoms with Gasteiger partial charge in [-0.2, -0.15) is 0 Å². The average Bonchev–Trinajstić information content (AvgIpc) is 3.48. The van der Waals surface area contributed by atoms with Crippen LogP contribution in [0.15, 0.2) is 84.9 Å². The molecule has 3 aliphatic rings. The first-order valence-electron chi connectivity index (χ1n) is 15.4. The molecule has 0 radical (unpaired) electrons. The number of nitrogens with zero attached hydrogens (tertiary/aromatic N) is 1. The molecule has 4 atom stereocenters. The molecule has 2 N–H and O–H groups in total. The van der Waals surface area contributed by atoms with Crippen LogP contribution in [0.5, 0.6) is 5.75 Å². The second kappa shape index (κ2) is 11.4. The van der Waals surface area contributed by atoms with Crippen molar-refractivity contribution in [3.05, 3.63) is 102 Å². The molecule has 0 unspecified atom stereocenters. The van der Waals surface area contributed by atoms with Crippen LogP contribution < -0.4 is 5.32 Å². The number of benzene rings is 3. The van der Waals surface area contributed by atoms with Gasteiger partial charge in [0, 0.05) is 24.0 Å². The van der Waals surface area contributed by atoms with Crippen LogP contribution in [0.2, 0.25) is 0 Å². The second-order valence-electron chi connectivity index (χ2n) is 12.8. The van der Waals surface area contributed by atoms with Crippen molar-refractivity contribution in [3.63, 3.8) is 0 Å². The summed E-state index contributed by atoms with van der Waals surface area (Å²) in [5.41, 5.74) is 3.34. The van der Waals surface area contributed by atoms with Gasteiger partial charge in [-0.25, -0.2) is 0 Å². The van der Waals surface area contributed by atoms with E-state index >= 15 is 0 Å². The Labute approximate surface area is 239 Å². The summed E-state index contributed by atoms with van der Waals surface area (Å²) in [5.74, 6) is 0.980. The van der Waals surface area contributed by atoms with Crippen LogP contribution in [0, 0.1) is 5.92 Å². The number of piperidine rings is 1. The van der Waals surface area contributed by atoms with Gasteiger partial charge in [0.1, 0.15) is 5.75 Å². The van der Waals surface area contributed by atoms with E-state index < -0.39 is 5.41 Å². The molecule has 40 heavy (non-hydrogen) atoms. The third kappa shape index (κ3) is 5.19. The maximum absolute atomic E-state index is 14.2. The van der Waals surface area contributed by atoms with Crippen molar-refractivity contribution >= 4 is 5.91 Å². The monoisotopic (exact) mass is 536 g/mol. The summed E-state index contributed by atoms with van der Waals surface area (Å²) >= 11 is 0. The van der Waals surface area contributed by atoms with Crippen molar-refractivity contribution in [2.75, 3.05) is 13.1 Å². The molecule has 2 bridgehead atoms. The minimum Gasteiger partial charge on any atom is -0.508 e. The third-order valence-corrected chi connectivity index (χ3v) is 10.5. The molecular formula is C36H44N2O2. The molecule has 1 amide bonds. The molecule has 4 heteroatoms. The molecule has 1 saturated heterocycles. The van der Waals surface area contributed by atoms with Crippen LogP contribution in [-0.4, -0.2) is 41.1 Å². The molecular weight excluding hydrogens is 492 g/mol. The first-order chi connectivity index (χ1) is 19.5. The Morgan fingerprint density at radius 3 is 2.35 bits per heavy atom. The van der Waals surface area contributed by atoms with E-state index in [4.69, 9.17) is 0 Å². The van der Waals surface area contributed by atoms with E-state index in [1.165, 1.54) is 16.7 Å².